The molecule has 0 unspecified atom stereocenters. The first-order valence-corrected chi connectivity index (χ1v) is 4.75. The van der Waals surface area contributed by atoms with Crippen molar-refractivity contribution in [2.24, 2.45) is 0 Å². The molecule has 84 valence electrons. The van der Waals surface area contributed by atoms with Crippen molar-refractivity contribution < 1.29 is 14.3 Å². The molecule has 0 fully saturated rings. The van der Waals surface area contributed by atoms with Crippen LogP contribution >= 0.6 is 0 Å². The second-order valence-electron chi connectivity index (χ2n) is 2.98. The predicted molar refractivity (Wildman–Crippen MR) is 61.2 cm³/mol. The Hall–Kier alpha value is -1.99. The maximum Gasteiger partial charge on any atom is 0.411 e. The number of rotatable bonds is 4. The van der Waals surface area contributed by atoms with E-state index in [1.54, 1.807) is 24.3 Å². The van der Waals surface area contributed by atoms with Gasteiger partial charge < -0.3 is 9.47 Å². The molecule has 4 heteroatoms. The summed E-state index contributed by atoms with van der Waals surface area (Å²) in [5.74, 6) is 2.48. The molecular formula is C12H13NO3. The van der Waals surface area contributed by atoms with Gasteiger partial charge in [0.05, 0.1) is 6.61 Å². The molecule has 16 heavy (non-hydrogen) atoms. The van der Waals surface area contributed by atoms with Crippen molar-refractivity contribution in [3.05, 3.63) is 29.8 Å². The number of amides is 1. The van der Waals surface area contributed by atoms with Crippen molar-refractivity contribution in [1.82, 2.24) is 0 Å². The van der Waals surface area contributed by atoms with E-state index in [1.807, 2.05) is 0 Å². The zero-order chi connectivity index (χ0) is 11.8. The molecule has 0 aliphatic rings. The lowest BCUT2D eigenvalue weighted by Crippen LogP contribution is -2.16. The number of ether oxygens (including phenoxy) is 2. The van der Waals surface area contributed by atoms with Crippen LogP contribution in [0.3, 0.4) is 0 Å². The van der Waals surface area contributed by atoms with Gasteiger partial charge in [-0.1, -0.05) is 12.0 Å². The SMILES string of the molecule is C#Cc1cccc(NC(=O)OCCOC)c1. The fourth-order valence-electron chi connectivity index (χ4n) is 1.06. The zero-order valence-corrected chi connectivity index (χ0v) is 9.03. The molecule has 0 bridgehead atoms. The maximum absolute atomic E-state index is 11.2. The Balaban J connectivity index is 2.47. The maximum atomic E-state index is 11.2. The molecule has 1 aromatic rings. The van der Waals surface area contributed by atoms with E-state index < -0.39 is 6.09 Å². The lowest BCUT2D eigenvalue weighted by atomic mass is 10.2. The lowest BCUT2D eigenvalue weighted by Gasteiger charge is -2.06. The predicted octanol–water partition coefficient (Wildman–Crippen LogP) is 1.86. The summed E-state index contributed by atoms with van der Waals surface area (Å²) >= 11 is 0. The number of benzene rings is 1. The summed E-state index contributed by atoms with van der Waals surface area (Å²) in [5, 5.41) is 2.56. The molecule has 1 rings (SSSR count). The quantitative estimate of drug-likeness (QED) is 0.621. The molecule has 0 spiro atoms. The Kier molecular flexibility index (Phi) is 4.90. The van der Waals surface area contributed by atoms with Crippen molar-refractivity contribution in [2.45, 2.75) is 0 Å². The van der Waals surface area contributed by atoms with E-state index >= 15 is 0 Å². The minimum absolute atomic E-state index is 0.219. The summed E-state index contributed by atoms with van der Waals surface area (Å²) in [6.07, 6.45) is 4.72. The van der Waals surface area contributed by atoms with Gasteiger partial charge >= 0.3 is 6.09 Å². The van der Waals surface area contributed by atoms with E-state index in [4.69, 9.17) is 15.9 Å². The van der Waals surface area contributed by atoms with Crippen LogP contribution in [0.5, 0.6) is 0 Å². The topological polar surface area (TPSA) is 47.6 Å². The van der Waals surface area contributed by atoms with E-state index in [0.29, 0.717) is 17.9 Å². The van der Waals surface area contributed by atoms with Gasteiger partial charge in [0.15, 0.2) is 0 Å². The average molecular weight is 219 g/mol. The number of nitrogens with one attached hydrogen (secondary N) is 1. The minimum atomic E-state index is -0.522. The summed E-state index contributed by atoms with van der Waals surface area (Å²) < 4.78 is 9.58. The van der Waals surface area contributed by atoms with Crippen molar-refractivity contribution in [2.75, 3.05) is 25.6 Å². The fourth-order valence-corrected chi connectivity index (χ4v) is 1.06. The van der Waals surface area contributed by atoms with Gasteiger partial charge in [0.1, 0.15) is 6.61 Å². The molecule has 0 saturated heterocycles. The van der Waals surface area contributed by atoms with E-state index in [-0.39, 0.29) is 6.61 Å². The highest BCUT2D eigenvalue weighted by atomic mass is 16.6. The van der Waals surface area contributed by atoms with Crippen LogP contribution in [0.4, 0.5) is 10.5 Å². The molecule has 0 aliphatic carbocycles. The first-order valence-electron chi connectivity index (χ1n) is 4.75. The van der Waals surface area contributed by atoms with Gasteiger partial charge in [-0.15, -0.1) is 6.42 Å². The van der Waals surface area contributed by atoms with Crippen LogP contribution in [0.2, 0.25) is 0 Å². The molecule has 0 radical (unpaired) electrons. The Morgan fingerprint density at radius 2 is 2.31 bits per heavy atom. The molecule has 0 heterocycles. The second kappa shape index (κ2) is 6.49. The van der Waals surface area contributed by atoms with Gasteiger partial charge in [-0.05, 0) is 18.2 Å². The monoisotopic (exact) mass is 219 g/mol. The van der Waals surface area contributed by atoms with Crippen LogP contribution < -0.4 is 5.32 Å². The molecule has 0 aromatic heterocycles. The molecule has 1 N–H and O–H groups in total. The van der Waals surface area contributed by atoms with Crippen molar-refractivity contribution >= 4 is 11.8 Å². The molecule has 1 amide bonds. The van der Waals surface area contributed by atoms with Gasteiger partial charge in [0.25, 0.3) is 0 Å². The average Bonchev–Trinajstić information content (AvgIpc) is 2.29. The fraction of sp³-hybridized carbons (Fsp3) is 0.250. The lowest BCUT2D eigenvalue weighted by molar-refractivity contribution is 0.107. The number of hydrogen-bond acceptors (Lipinski definition) is 3. The normalized spacial score (nSPS) is 9.25. The summed E-state index contributed by atoms with van der Waals surface area (Å²) in [6, 6.07) is 6.97. The summed E-state index contributed by atoms with van der Waals surface area (Å²) in [7, 11) is 1.54. The van der Waals surface area contributed by atoms with Crippen LogP contribution in [-0.4, -0.2) is 26.4 Å². The minimum Gasteiger partial charge on any atom is -0.447 e. The molecule has 4 nitrogen and oxygen atoms in total. The molecular weight excluding hydrogens is 206 g/mol. The van der Waals surface area contributed by atoms with Gasteiger partial charge in [0, 0.05) is 18.4 Å². The first-order chi connectivity index (χ1) is 7.76. The van der Waals surface area contributed by atoms with E-state index in [2.05, 4.69) is 11.2 Å². The summed E-state index contributed by atoms with van der Waals surface area (Å²) in [6.45, 7) is 0.592. The van der Waals surface area contributed by atoms with E-state index in [9.17, 15) is 4.79 Å². The van der Waals surface area contributed by atoms with Gasteiger partial charge in [0.2, 0.25) is 0 Å². The number of carbonyl (C=O) groups excluding carboxylic acids is 1. The Morgan fingerprint density at radius 3 is 3.00 bits per heavy atom. The smallest absolute Gasteiger partial charge is 0.411 e. The second-order valence-corrected chi connectivity index (χ2v) is 2.98. The van der Waals surface area contributed by atoms with E-state index in [1.165, 1.54) is 7.11 Å². The third-order valence-corrected chi connectivity index (χ3v) is 1.80. The first kappa shape index (κ1) is 12.1. The summed E-state index contributed by atoms with van der Waals surface area (Å²) in [5.41, 5.74) is 1.31. The Morgan fingerprint density at radius 1 is 1.50 bits per heavy atom. The molecule has 0 saturated carbocycles. The molecule has 0 aliphatic heterocycles. The summed E-state index contributed by atoms with van der Waals surface area (Å²) in [4.78, 5) is 11.2. The van der Waals surface area contributed by atoms with Gasteiger partial charge in [-0.2, -0.15) is 0 Å². The van der Waals surface area contributed by atoms with Crippen LogP contribution in [0.25, 0.3) is 0 Å². The zero-order valence-electron chi connectivity index (χ0n) is 9.03. The number of carbonyl (C=O) groups is 1. The van der Waals surface area contributed by atoms with Crippen LogP contribution in [0, 0.1) is 12.3 Å². The van der Waals surface area contributed by atoms with Crippen molar-refractivity contribution in [3.8, 4) is 12.3 Å². The van der Waals surface area contributed by atoms with Crippen molar-refractivity contribution in [3.63, 3.8) is 0 Å². The number of methoxy groups -OCH3 is 1. The van der Waals surface area contributed by atoms with Crippen LogP contribution in [0.1, 0.15) is 5.56 Å². The number of hydrogen-bond donors (Lipinski definition) is 1. The van der Waals surface area contributed by atoms with Crippen LogP contribution in [-0.2, 0) is 9.47 Å². The highest BCUT2D eigenvalue weighted by molar-refractivity contribution is 5.84. The number of anilines is 1. The van der Waals surface area contributed by atoms with Gasteiger partial charge in [-0.3, -0.25) is 5.32 Å². The highest BCUT2D eigenvalue weighted by Gasteiger charge is 2.02. The standard InChI is InChI=1S/C12H13NO3/c1-3-10-5-4-6-11(9-10)13-12(14)16-8-7-15-2/h1,4-6,9H,7-8H2,2H3,(H,13,14). The third kappa shape index (κ3) is 4.03. The highest BCUT2D eigenvalue weighted by Crippen LogP contribution is 2.09. The van der Waals surface area contributed by atoms with Crippen molar-refractivity contribution in [1.29, 1.82) is 0 Å². The largest absolute Gasteiger partial charge is 0.447 e. The van der Waals surface area contributed by atoms with Gasteiger partial charge in [-0.25, -0.2) is 4.79 Å². The molecule has 1 aromatic carbocycles. The van der Waals surface area contributed by atoms with Crippen LogP contribution in [0.15, 0.2) is 24.3 Å². The Labute approximate surface area is 94.6 Å². The van der Waals surface area contributed by atoms with E-state index in [0.717, 1.165) is 0 Å². The molecule has 0 atom stereocenters. The number of terminal acetylenes is 1. The Bertz CT molecular complexity index is 395. The third-order valence-electron chi connectivity index (χ3n) is 1.80.